The van der Waals surface area contributed by atoms with E-state index >= 15 is 0 Å². The lowest BCUT2D eigenvalue weighted by molar-refractivity contribution is 0.0961. The third-order valence-electron chi connectivity index (χ3n) is 3.27. The van der Waals surface area contributed by atoms with Crippen LogP contribution in [0, 0.1) is 5.92 Å². The summed E-state index contributed by atoms with van der Waals surface area (Å²) in [7, 11) is 3.76. The lowest BCUT2D eigenvalue weighted by Gasteiger charge is -2.24. The van der Waals surface area contributed by atoms with E-state index < -0.39 is 0 Å². The van der Waals surface area contributed by atoms with E-state index in [0.717, 1.165) is 25.3 Å². The van der Waals surface area contributed by atoms with Gasteiger partial charge in [0.1, 0.15) is 0 Å². The molecule has 2 rings (SSSR count). The molecule has 90 valence electrons. The van der Waals surface area contributed by atoms with Crippen LogP contribution in [0.1, 0.15) is 19.2 Å². The Bertz CT molecular complexity index is 340. The van der Waals surface area contributed by atoms with Crippen molar-refractivity contribution in [3.05, 3.63) is 5.82 Å². The molecule has 1 N–H and O–H groups in total. The van der Waals surface area contributed by atoms with E-state index in [4.69, 9.17) is 4.74 Å². The van der Waals surface area contributed by atoms with Crippen LogP contribution in [-0.4, -0.2) is 46.0 Å². The van der Waals surface area contributed by atoms with Crippen LogP contribution >= 0.6 is 0 Å². The first kappa shape index (κ1) is 11.5. The normalized spacial score (nSPS) is 27.2. The average Bonchev–Trinajstić information content (AvgIpc) is 2.84. The molecule has 1 aromatic rings. The molecule has 2 heterocycles. The monoisotopic (exact) mass is 225 g/mol. The van der Waals surface area contributed by atoms with E-state index in [1.54, 1.807) is 7.05 Å². The van der Waals surface area contributed by atoms with E-state index in [0.29, 0.717) is 18.1 Å². The second-order valence-corrected chi connectivity index (χ2v) is 4.32. The Morgan fingerprint density at radius 1 is 1.62 bits per heavy atom. The highest BCUT2D eigenvalue weighted by Crippen LogP contribution is 2.25. The molecule has 0 bridgehead atoms. The van der Waals surface area contributed by atoms with Crippen LogP contribution in [0.2, 0.25) is 0 Å². The molecule has 1 aliphatic rings. The summed E-state index contributed by atoms with van der Waals surface area (Å²) in [6.07, 6.45) is 2.23. The first-order valence-electron chi connectivity index (χ1n) is 5.72. The highest BCUT2D eigenvalue weighted by molar-refractivity contribution is 4.91. The fourth-order valence-corrected chi connectivity index (χ4v) is 2.35. The lowest BCUT2D eigenvalue weighted by Crippen LogP contribution is -2.39. The largest absolute Gasteiger partial charge is 0.378 e. The predicted octanol–water partition coefficient (Wildman–Crippen LogP) is -0.234. The minimum absolute atomic E-state index is 0.314. The smallest absolute Gasteiger partial charge is 0.176 e. The number of aromatic nitrogens is 4. The predicted molar refractivity (Wildman–Crippen MR) is 58.9 cm³/mol. The number of tetrazole rings is 1. The Balaban J connectivity index is 2.00. The molecule has 0 spiro atoms. The molecule has 0 saturated carbocycles. The highest BCUT2D eigenvalue weighted by atomic mass is 16.5. The van der Waals surface area contributed by atoms with E-state index in [9.17, 15) is 0 Å². The Morgan fingerprint density at radius 2 is 2.44 bits per heavy atom. The van der Waals surface area contributed by atoms with Crippen molar-refractivity contribution >= 4 is 0 Å². The van der Waals surface area contributed by atoms with Crippen LogP contribution < -0.4 is 5.32 Å². The molecular weight excluding hydrogens is 206 g/mol. The number of hydrogen-bond acceptors (Lipinski definition) is 5. The van der Waals surface area contributed by atoms with Crippen LogP contribution in [0.3, 0.4) is 0 Å². The molecule has 1 saturated heterocycles. The van der Waals surface area contributed by atoms with Crippen molar-refractivity contribution in [2.24, 2.45) is 13.0 Å². The van der Waals surface area contributed by atoms with Crippen molar-refractivity contribution in [2.45, 2.75) is 31.9 Å². The van der Waals surface area contributed by atoms with Crippen LogP contribution in [0.4, 0.5) is 0 Å². The molecule has 1 fully saturated rings. The van der Waals surface area contributed by atoms with Gasteiger partial charge in [-0.25, -0.2) is 0 Å². The number of aryl methyl sites for hydroxylation is 1. The van der Waals surface area contributed by atoms with E-state index in [1.165, 1.54) is 4.80 Å². The fourth-order valence-electron chi connectivity index (χ4n) is 2.35. The van der Waals surface area contributed by atoms with Gasteiger partial charge < -0.3 is 10.1 Å². The minimum atomic E-state index is 0.314. The van der Waals surface area contributed by atoms with Crippen LogP contribution in [-0.2, 0) is 18.2 Å². The number of likely N-dealkylation sites (N-methyl/N-ethyl adjacent to an activating group) is 1. The zero-order valence-corrected chi connectivity index (χ0v) is 10.1. The van der Waals surface area contributed by atoms with Crippen molar-refractivity contribution in [1.82, 2.24) is 25.5 Å². The van der Waals surface area contributed by atoms with Gasteiger partial charge in [0.15, 0.2) is 5.82 Å². The van der Waals surface area contributed by atoms with Gasteiger partial charge in [-0.2, -0.15) is 4.80 Å². The minimum Gasteiger partial charge on any atom is -0.378 e. The van der Waals surface area contributed by atoms with Crippen LogP contribution in [0.5, 0.6) is 0 Å². The highest BCUT2D eigenvalue weighted by Gasteiger charge is 2.31. The Hall–Kier alpha value is -1.01. The van der Waals surface area contributed by atoms with E-state index in [2.05, 4.69) is 27.7 Å². The molecule has 1 aliphatic heterocycles. The van der Waals surface area contributed by atoms with Crippen LogP contribution in [0.25, 0.3) is 0 Å². The molecule has 0 aliphatic carbocycles. The zero-order chi connectivity index (χ0) is 11.5. The summed E-state index contributed by atoms with van der Waals surface area (Å²) in [6, 6.07) is 0.363. The van der Waals surface area contributed by atoms with Gasteiger partial charge in [0.2, 0.25) is 0 Å². The molecule has 0 radical (unpaired) electrons. The fraction of sp³-hybridized carbons (Fsp3) is 0.900. The Labute approximate surface area is 95.4 Å². The van der Waals surface area contributed by atoms with Crippen molar-refractivity contribution in [3.8, 4) is 0 Å². The topological polar surface area (TPSA) is 64.9 Å². The first-order chi connectivity index (χ1) is 7.70. The lowest BCUT2D eigenvalue weighted by atomic mass is 9.91. The summed E-state index contributed by atoms with van der Waals surface area (Å²) in [5.74, 6) is 1.33. The summed E-state index contributed by atoms with van der Waals surface area (Å²) in [5, 5.41) is 15.4. The quantitative estimate of drug-likeness (QED) is 0.766. The van der Waals surface area contributed by atoms with Gasteiger partial charge >= 0.3 is 0 Å². The third-order valence-corrected chi connectivity index (χ3v) is 3.27. The number of hydrogen-bond donors (Lipinski definition) is 1. The zero-order valence-electron chi connectivity index (χ0n) is 10.1. The second-order valence-electron chi connectivity index (χ2n) is 4.32. The maximum Gasteiger partial charge on any atom is 0.176 e. The maximum atomic E-state index is 5.59. The molecule has 0 aromatic carbocycles. The SMILES string of the molecule is CNC(Cc1nnn(C)n1)C1CCOC1C. The number of rotatable bonds is 4. The number of nitrogens with zero attached hydrogens (tertiary/aromatic N) is 4. The second kappa shape index (κ2) is 4.88. The van der Waals surface area contributed by atoms with Gasteiger partial charge in [0.05, 0.1) is 13.2 Å². The number of nitrogens with one attached hydrogen (secondary N) is 1. The summed E-state index contributed by atoms with van der Waals surface area (Å²) in [6.45, 7) is 2.99. The van der Waals surface area contributed by atoms with Gasteiger partial charge in [0, 0.05) is 25.0 Å². The molecule has 3 unspecified atom stereocenters. The first-order valence-corrected chi connectivity index (χ1v) is 5.72. The van der Waals surface area contributed by atoms with Gasteiger partial charge in [-0.05, 0) is 25.6 Å². The molecule has 1 aromatic heterocycles. The summed E-state index contributed by atoms with van der Waals surface area (Å²) in [5.41, 5.74) is 0. The van der Waals surface area contributed by atoms with E-state index in [1.807, 2.05) is 7.05 Å². The molecule has 16 heavy (non-hydrogen) atoms. The molecular formula is C10H19N5O. The summed E-state index contributed by atoms with van der Waals surface area (Å²) < 4.78 is 5.59. The van der Waals surface area contributed by atoms with Gasteiger partial charge in [-0.1, -0.05) is 0 Å². The molecule has 0 amide bonds. The van der Waals surface area contributed by atoms with Gasteiger partial charge in [-0.3, -0.25) is 0 Å². The van der Waals surface area contributed by atoms with Crippen molar-refractivity contribution in [1.29, 1.82) is 0 Å². The maximum absolute atomic E-state index is 5.59. The summed E-state index contributed by atoms with van der Waals surface area (Å²) >= 11 is 0. The number of ether oxygens (including phenoxy) is 1. The van der Waals surface area contributed by atoms with Crippen LogP contribution in [0.15, 0.2) is 0 Å². The average molecular weight is 225 g/mol. The summed E-state index contributed by atoms with van der Waals surface area (Å²) in [4.78, 5) is 1.50. The standard InChI is InChI=1S/C10H19N5O/c1-7-8(4-5-16-7)9(11-2)6-10-12-14-15(3)13-10/h7-9,11H,4-6H2,1-3H3. The Morgan fingerprint density at radius 3 is 2.94 bits per heavy atom. The Kier molecular flexibility index (Phi) is 3.50. The van der Waals surface area contributed by atoms with Crippen molar-refractivity contribution in [3.63, 3.8) is 0 Å². The van der Waals surface area contributed by atoms with Crippen molar-refractivity contribution in [2.75, 3.05) is 13.7 Å². The van der Waals surface area contributed by atoms with E-state index in [-0.39, 0.29) is 0 Å². The van der Waals surface area contributed by atoms with Gasteiger partial charge in [-0.15, -0.1) is 10.2 Å². The third kappa shape index (κ3) is 2.38. The van der Waals surface area contributed by atoms with Crippen molar-refractivity contribution < 1.29 is 4.74 Å². The molecule has 6 heteroatoms. The molecule has 6 nitrogen and oxygen atoms in total. The molecule has 3 atom stereocenters. The van der Waals surface area contributed by atoms with Gasteiger partial charge in [0.25, 0.3) is 0 Å².